The van der Waals surface area contributed by atoms with Crippen molar-refractivity contribution in [1.29, 1.82) is 0 Å². The molecule has 2 aromatic carbocycles. The number of rotatable bonds is 6. The van der Waals surface area contributed by atoms with Crippen molar-refractivity contribution >= 4 is 11.8 Å². The molecule has 3 aromatic rings. The van der Waals surface area contributed by atoms with Crippen molar-refractivity contribution in [2.24, 2.45) is 7.05 Å². The Morgan fingerprint density at radius 1 is 1.00 bits per heavy atom. The van der Waals surface area contributed by atoms with Crippen LogP contribution in [0.2, 0.25) is 0 Å². The van der Waals surface area contributed by atoms with Crippen LogP contribution >= 0.6 is 0 Å². The molecule has 1 saturated heterocycles. The van der Waals surface area contributed by atoms with Gasteiger partial charge in [0.2, 0.25) is 5.91 Å². The van der Waals surface area contributed by atoms with Gasteiger partial charge in [0, 0.05) is 31.0 Å². The monoisotopic (exact) mass is 401 g/mol. The van der Waals surface area contributed by atoms with Crippen LogP contribution in [0.3, 0.4) is 0 Å². The molecule has 1 fully saturated rings. The number of amides is 2. The van der Waals surface area contributed by atoms with E-state index in [1.165, 1.54) is 0 Å². The third kappa shape index (κ3) is 4.30. The minimum absolute atomic E-state index is 0.0703. The van der Waals surface area contributed by atoms with Gasteiger partial charge in [-0.25, -0.2) is 0 Å². The van der Waals surface area contributed by atoms with Crippen molar-refractivity contribution in [3.05, 3.63) is 95.8 Å². The van der Waals surface area contributed by atoms with Crippen LogP contribution in [0.25, 0.3) is 0 Å². The smallest absolute Gasteiger partial charge is 0.251 e. The fourth-order valence-corrected chi connectivity index (χ4v) is 4.25. The molecule has 154 valence electrons. The molecule has 0 spiro atoms. The van der Waals surface area contributed by atoms with Crippen molar-refractivity contribution in [1.82, 2.24) is 14.8 Å². The van der Waals surface area contributed by atoms with E-state index in [2.05, 4.69) is 16.0 Å². The van der Waals surface area contributed by atoms with E-state index in [1.807, 2.05) is 72.7 Å². The molecule has 1 N–H and O–H groups in total. The normalized spacial score (nSPS) is 17.0. The molecule has 4 rings (SSSR count). The minimum atomic E-state index is -0.374. The molecule has 0 saturated carbocycles. The maximum Gasteiger partial charge on any atom is 0.251 e. The van der Waals surface area contributed by atoms with Crippen LogP contribution in [0.15, 0.2) is 79.0 Å². The summed E-state index contributed by atoms with van der Waals surface area (Å²) in [5.74, 6) is -0.0985. The highest BCUT2D eigenvalue weighted by Crippen LogP contribution is 2.33. The number of nitrogens with one attached hydrogen (secondary N) is 1. The SMILES string of the molecule is Cn1cccc1C1CCCN1C(=O)CC(NC(=O)c1ccccc1)c1ccccc1. The van der Waals surface area contributed by atoms with Gasteiger partial charge < -0.3 is 14.8 Å². The molecule has 30 heavy (non-hydrogen) atoms. The summed E-state index contributed by atoms with van der Waals surface area (Å²) in [4.78, 5) is 28.1. The first-order valence-corrected chi connectivity index (χ1v) is 10.4. The quantitative estimate of drug-likeness (QED) is 0.671. The molecule has 1 aromatic heterocycles. The predicted molar refractivity (Wildman–Crippen MR) is 117 cm³/mol. The minimum Gasteiger partial charge on any atom is -0.353 e. The van der Waals surface area contributed by atoms with E-state index in [9.17, 15) is 9.59 Å². The second-order valence-corrected chi connectivity index (χ2v) is 7.80. The maximum atomic E-state index is 13.3. The van der Waals surface area contributed by atoms with Gasteiger partial charge in [-0.3, -0.25) is 9.59 Å². The van der Waals surface area contributed by atoms with Crippen LogP contribution in [0.4, 0.5) is 0 Å². The summed E-state index contributed by atoms with van der Waals surface area (Å²) in [7, 11) is 2.02. The fourth-order valence-electron chi connectivity index (χ4n) is 4.25. The molecule has 2 unspecified atom stereocenters. The number of aryl methyl sites for hydroxylation is 1. The molecule has 1 aliphatic rings. The van der Waals surface area contributed by atoms with Gasteiger partial charge in [0.05, 0.1) is 18.5 Å². The number of aromatic nitrogens is 1. The lowest BCUT2D eigenvalue weighted by Crippen LogP contribution is -2.36. The van der Waals surface area contributed by atoms with E-state index in [-0.39, 0.29) is 30.3 Å². The van der Waals surface area contributed by atoms with Crippen LogP contribution in [-0.4, -0.2) is 27.8 Å². The van der Waals surface area contributed by atoms with Crippen molar-refractivity contribution < 1.29 is 9.59 Å². The Morgan fingerprint density at radius 3 is 2.37 bits per heavy atom. The number of likely N-dealkylation sites (tertiary alicyclic amines) is 1. The lowest BCUT2D eigenvalue weighted by molar-refractivity contribution is -0.132. The van der Waals surface area contributed by atoms with E-state index in [4.69, 9.17) is 0 Å². The topological polar surface area (TPSA) is 54.3 Å². The predicted octanol–water partition coefficient (Wildman–Crippen LogP) is 4.25. The summed E-state index contributed by atoms with van der Waals surface area (Å²) in [5, 5.41) is 3.07. The summed E-state index contributed by atoms with van der Waals surface area (Å²) >= 11 is 0. The summed E-state index contributed by atoms with van der Waals surface area (Å²) in [6.45, 7) is 0.753. The van der Waals surface area contributed by atoms with E-state index in [1.54, 1.807) is 12.1 Å². The summed E-state index contributed by atoms with van der Waals surface area (Å²) in [5.41, 5.74) is 2.68. The molecular formula is C25H27N3O2. The molecule has 0 radical (unpaired) electrons. The zero-order valence-corrected chi connectivity index (χ0v) is 17.2. The Morgan fingerprint density at radius 2 is 1.70 bits per heavy atom. The lowest BCUT2D eigenvalue weighted by Gasteiger charge is -2.28. The Kier molecular flexibility index (Phi) is 5.98. The molecule has 2 heterocycles. The summed E-state index contributed by atoms with van der Waals surface area (Å²) in [6.07, 6.45) is 4.22. The Hall–Kier alpha value is -3.34. The van der Waals surface area contributed by atoms with E-state index >= 15 is 0 Å². The first-order valence-electron chi connectivity index (χ1n) is 10.4. The molecular weight excluding hydrogens is 374 g/mol. The van der Waals surface area contributed by atoms with Crippen LogP contribution in [0.1, 0.15) is 53.0 Å². The van der Waals surface area contributed by atoms with Crippen molar-refractivity contribution in [2.45, 2.75) is 31.3 Å². The van der Waals surface area contributed by atoms with E-state index in [0.29, 0.717) is 5.56 Å². The van der Waals surface area contributed by atoms with E-state index in [0.717, 1.165) is 30.6 Å². The first-order chi connectivity index (χ1) is 14.6. The van der Waals surface area contributed by atoms with Crippen LogP contribution in [-0.2, 0) is 11.8 Å². The number of carbonyl (C=O) groups excluding carboxylic acids is 2. The summed E-state index contributed by atoms with van der Waals surface area (Å²) in [6, 6.07) is 22.7. The fraction of sp³-hybridized carbons (Fsp3) is 0.280. The van der Waals surface area contributed by atoms with Crippen LogP contribution in [0, 0.1) is 0 Å². The number of nitrogens with zero attached hydrogens (tertiary/aromatic N) is 2. The number of hydrogen-bond donors (Lipinski definition) is 1. The second-order valence-electron chi connectivity index (χ2n) is 7.80. The largest absolute Gasteiger partial charge is 0.353 e. The van der Waals surface area contributed by atoms with Crippen LogP contribution < -0.4 is 5.32 Å². The van der Waals surface area contributed by atoms with Crippen molar-refractivity contribution in [2.75, 3.05) is 6.54 Å². The number of benzene rings is 2. The maximum absolute atomic E-state index is 13.3. The highest BCUT2D eigenvalue weighted by molar-refractivity contribution is 5.94. The average Bonchev–Trinajstić information content (AvgIpc) is 3.43. The first kappa shape index (κ1) is 20.0. The highest BCUT2D eigenvalue weighted by atomic mass is 16.2. The molecule has 1 aliphatic heterocycles. The van der Waals surface area contributed by atoms with Gasteiger partial charge in [-0.05, 0) is 42.7 Å². The second kappa shape index (κ2) is 8.99. The van der Waals surface area contributed by atoms with E-state index < -0.39 is 0 Å². The molecule has 2 atom stereocenters. The third-order valence-electron chi connectivity index (χ3n) is 5.82. The van der Waals surface area contributed by atoms with Crippen LogP contribution in [0.5, 0.6) is 0 Å². The molecule has 0 aliphatic carbocycles. The zero-order valence-electron chi connectivity index (χ0n) is 17.2. The zero-order chi connectivity index (χ0) is 20.9. The van der Waals surface area contributed by atoms with Crippen molar-refractivity contribution in [3.63, 3.8) is 0 Å². The average molecular weight is 402 g/mol. The number of carbonyl (C=O) groups is 2. The lowest BCUT2D eigenvalue weighted by atomic mass is 10.0. The number of hydrogen-bond acceptors (Lipinski definition) is 2. The molecule has 2 amide bonds. The van der Waals surface area contributed by atoms with Gasteiger partial charge >= 0.3 is 0 Å². The van der Waals surface area contributed by atoms with Crippen molar-refractivity contribution in [3.8, 4) is 0 Å². The Bertz CT molecular complexity index is 998. The highest BCUT2D eigenvalue weighted by Gasteiger charge is 2.32. The Labute approximate surface area is 177 Å². The van der Waals surface area contributed by atoms with Gasteiger partial charge in [-0.1, -0.05) is 48.5 Å². The van der Waals surface area contributed by atoms with Gasteiger partial charge in [0.25, 0.3) is 5.91 Å². The standard InChI is InChI=1S/C25H27N3O2/c1-27-16-8-14-22(27)23-15-9-17-28(23)24(29)18-21(19-10-4-2-5-11-19)26-25(30)20-12-6-3-7-13-20/h2-8,10-14,16,21,23H,9,15,17-18H2,1H3,(H,26,30). The molecule has 0 bridgehead atoms. The van der Waals surface area contributed by atoms with Gasteiger partial charge in [-0.2, -0.15) is 0 Å². The Balaban J connectivity index is 1.53. The molecule has 5 nitrogen and oxygen atoms in total. The molecule has 5 heteroatoms. The van der Waals surface area contributed by atoms with Gasteiger partial charge in [0.1, 0.15) is 0 Å². The van der Waals surface area contributed by atoms with Gasteiger partial charge in [0.15, 0.2) is 0 Å². The summed E-state index contributed by atoms with van der Waals surface area (Å²) < 4.78 is 2.09. The van der Waals surface area contributed by atoms with Gasteiger partial charge in [-0.15, -0.1) is 0 Å². The third-order valence-corrected chi connectivity index (χ3v) is 5.82.